The van der Waals surface area contributed by atoms with Crippen molar-refractivity contribution in [3.63, 3.8) is 0 Å². The number of amides is 1. The van der Waals surface area contributed by atoms with Crippen LogP contribution >= 0.6 is 11.6 Å². The molecule has 0 aliphatic carbocycles. The van der Waals surface area contributed by atoms with Crippen LogP contribution < -0.4 is 5.32 Å². The molecular formula is C18H26ClNO5. The fraction of sp³-hybridized carbons (Fsp3) is 0.556. The number of alkyl halides is 1. The maximum absolute atomic E-state index is 11.9. The number of rotatable bonds is 14. The molecule has 140 valence electrons. The number of hydrogen-bond acceptors (Lipinski definition) is 4. The number of nitrogens with one attached hydrogen (secondary N) is 1. The van der Waals surface area contributed by atoms with E-state index >= 15 is 0 Å². The molecule has 0 saturated carbocycles. The Kier molecular flexibility index (Phi) is 11.7. The molecule has 0 unspecified atom stereocenters. The summed E-state index contributed by atoms with van der Waals surface area (Å²) in [5.74, 6) is -0.551. The fourth-order valence-corrected chi connectivity index (χ4v) is 2.27. The van der Waals surface area contributed by atoms with Crippen molar-refractivity contribution in [1.29, 1.82) is 0 Å². The molecule has 0 aliphatic heterocycles. The van der Waals surface area contributed by atoms with Gasteiger partial charge in [0, 0.05) is 24.6 Å². The van der Waals surface area contributed by atoms with Gasteiger partial charge in [-0.15, -0.1) is 11.6 Å². The molecule has 1 aromatic carbocycles. The highest BCUT2D eigenvalue weighted by molar-refractivity contribution is 6.17. The number of halogens is 1. The third-order valence-corrected chi connectivity index (χ3v) is 3.74. The highest BCUT2D eigenvalue weighted by Crippen LogP contribution is 2.04. The van der Waals surface area contributed by atoms with E-state index in [2.05, 4.69) is 5.32 Å². The molecule has 0 heterocycles. The van der Waals surface area contributed by atoms with Gasteiger partial charge in [-0.3, -0.25) is 4.79 Å². The molecule has 0 aromatic heterocycles. The standard InChI is InChI=1S/C18H26ClNO5/c19-9-3-1-2-4-11-24-13-14-25-12-10-20-17(21)15-5-7-16(8-6-15)18(22)23/h5-8H,1-4,9-14H2,(H,20,21)(H,22,23). The van der Waals surface area contributed by atoms with Crippen LogP contribution in [-0.4, -0.2) is 55.8 Å². The van der Waals surface area contributed by atoms with E-state index in [1.807, 2.05) is 0 Å². The molecule has 0 saturated heterocycles. The Labute approximate surface area is 153 Å². The molecule has 0 spiro atoms. The smallest absolute Gasteiger partial charge is 0.335 e. The van der Waals surface area contributed by atoms with Crippen molar-refractivity contribution in [3.05, 3.63) is 35.4 Å². The molecule has 1 aromatic rings. The molecule has 0 atom stereocenters. The predicted molar refractivity (Wildman–Crippen MR) is 96.6 cm³/mol. The van der Waals surface area contributed by atoms with Crippen molar-refractivity contribution in [2.45, 2.75) is 25.7 Å². The van der Waals surface area contributed by atoms with E-state index in [9.17, 15) is 9.59 Å². The quantitative estimate of drug-likeness (QED) is 0.388. The summed E-state index contributed by atoms with van der Waals surface area (Å²) >= 11 is 5.60. The van der Waals surface area contributed by atoms with E-state index in [1.54, 1.807) is 0 Å². The number of aromatic carboxylic acids is 1. The van der Waals surface area contributed by atoms with Crippen molar-refractivity contribution in [2.24, 2.45) is 0 Å². The summed E-state index contributed by atoms with van der Waals surface area (Å²) in [7, 11) is 0. The molecule has 0 radical (unpaired) electrons. The molecule has 1 rings (SSSR count). The largest absolute Gasteiger partial charge is 0.478 e. The third-order valence-electron chi connectivity index (χ3n) is 3.47. The first-order chi connectivity index (χ1) is 12.1. The normalized spacial score (nSPS) is 10.6. The van der Waals surface area contributed by atoms with Crippen molar-refractivity contribution >= 4 is 23.5 Å². The molecule has 0 bridgehead atoms. The first-order valence-corrected chi connectivity index (χ1v) is 9.01. The minimum absolute atomic E-state index is 0.152. The van der Waals surface area contributed by atoms with Crippen LogP contribution in [0.2, 0.25) is 0 Å². The van der Waals surface area contributed by atoms with E-state index < -0.39 is 5.97 Å². The lowest BCUT2D eigenvalue weighted by atomic mass is 10.1. The van der Waals surface area contributed by atoms with Gasteiger partial charge in [0.25, 0.3) is 5.91 Å². The van der Waals surface area contributed by atoms with Crippen molar-refractivity contribution in [3.8, 4) is 0 Å². The molecule has 25 heavy (non-hydrogen) atoms. The Morgan fingerprint density at radius 1 is 0.880 bits per heavy atom. The van der Waals surface area contributed by atoms with Crippen LogP contribution in [0.15, 0.2) is 24.3 Å². The SMILES string of the molecule is O=C(O)c1ccc(C(=O)NCCOCCOCCCCCCCl)cc1. The topological polar surface area (TPSA) is 84.9 Å². The van der Waals surface area contributed by atoms with Crippen LogP contribution in [0, 0.1) is 0 Å². The molecule has 1 amide bonds. The maximum Gasteiger partial charge on any atom is 0.335 e. The van der Waals surface area contributed by atoms with E-state index in [-0.39, 0.29) is 11.5 Å². The van der Waals surface area contributed by atoms with Gasteiger partial charge >= 0.3 is 5.97 Å². The van der Waals surface area contributed by atoms with Gasteiger partial charge < -0.3 is 19.9 Å². The molecule has 0 aliphatic rings. The second-order valence-corrected chi connectivity index (χ2v) is 5.84. The Morgan fingerprint density at radius 2 is 1.48 bits per heavy atom. The van der Waals surface area contributed by atoms with E-state index in [1.165, 1.54) is 24.3 Å². The number of carboxylic acid groups (broad SMARTS) is 1. The highest BCUT2D eigenvalue weighted by Gasteiger charge is 2.07. The lowest BCUT2D eigenvalue weighted by Crippen LogP contribution is -2.27. The Balaban J connectivity index is 1.98. The van der Waals surface area contributed by atoms with Crippen molar-refractivity contribution in [1.82, 2.24) is 5.32 Å². The van der Waals surface area contributed by atoms with Gasteiger partial charge in [0.15, 0.2) is 0 Å². The number of carbonyl (C=O) groups excluding carboxylic acids is 1. The number of ether oxygens (including phenoxy) is 2. The highest BCUT2D eigenvalue weighted by atomic mass is 35.5. The zero-order chi connectivity index (χ0) is 18.3. The maximum atomic E-state index is 11.9. The second kappa shape index (κ2) is 13.6. The molecule has 6 nitrogen and oxygen atoms in total. The number of carbonyl (C=O) groups is 2. The Morgan fingerprint density at radius 3 is 2.12 bits per heavy atom. The lowest BCUT2D eigenvalue weighted by molar-refractivity contribution is 0.0468. The van der Waals surface area contributed by atoms with Crippen LogP contribution in [0.4, 0.5) is 0 Å². The van der Waals surface area contributed by atoms with Gasteiger partial charge in [-0.05, 0) is 37.1 Å². The number of hydrogen-bond donors (Lipinski definition) is 2. The Bertz CT molecular complexity index is 507. The summed E-state index contributed by atoms with van der Waals surface area (Å²) < 4.78 is 10.8. The van der Waals surface area contributed by atoms with Gasteiger partial charge in [-0.1, -0.05) is 12.8 Å². The predicted octanol–water partition coefficient (Wildman–Crippen LogP) is 2.95. The monoisotopic (exact) mass is 371 g/mol. The van der Waals surface area contributed by atoms with Gasteiger partial charge in [0.05, 0.1) is 25.4 Å². The zero-order valence-electron chi connectivity index (χ0n) is 14.3. The van der Waals surface area contributed by atoms with Crippen LogP contribution in [0.3, 0.4) is 0 Å². The van der Waals surface area contributed by atoms with Gasteiger partial charge in [0.2, 0.25) is 0 Å². The average Bonchev–Trinajstić information content (AvgIpc) is 2.62. The molecular weight excluding hydrogens is 346 g/mol. The molecule has 2 N–H and O–H groups in total. The first kappa shape index (κ1) is 21.4. The van der Waals surface area contributed by atoms with E-state index in [4.69, 9.17) is 26.2 Å². The minimum atomic E-state index is -1.02. The first-order valence-electron chi connectivity index (χ1n) is 8.48. The summed E-state index contributed by atoms with van der Waals surface area (Å²) in [5.41, 5.74) is 0.571. The van der Waals surface area contributed by atoms with Crippen molar-refractivity contribution < 1.29 is 24.2 Å². The summed E-state index contributed by atoms with van der Waals surface area (Å²) in [4.78, 5) is 22.6. The minimum Gasteiger partial charge on any atom is -0.478 e. The van der Waals surface area contributed by atoms with E-state index in [0.29, 0.717) is 31.9 Å². The lowest BCUT2D eigenvalue weighted by Gasteiger charge is -2.07. The summed E-state index contributed by atoms with van der Waals surface area (Å²) in [6, 6.07) is 5.78. The van der Waals surface area contributed by atoms with Crippen LogP contribution in [-0.2, 0) is 9.47 Å². The molecule has 7 heteroatoms. The average molecular weight is 372 g/mol. The van der Waals surface area contributed by atoms with E-state index in [0.717, 1.165) is 38.2 Å². The third kappa shape index (κ3) is 10.1. The Hall–Kier alpha value is -1.63. The van der Waals surface area contributed by atoms with Gasteiger partial charge in [-0.25, -0.2) is 4.79 Å². The van der Waals surface area contributed by atoms with Crippen molar-refractivity contribution in [2.75, 3.05) is 38.9 Å². The summed E-state index contributed by atoms with van der Waals surface area (Å²) in [6.45, 7) is 2.55. The summed E-state index contributed by atoms with van der Waals surface area (Å²) in [6.07, 6.45) is 4.36. The number of benzene rings is 1. The number of unbranched alkanes of at least 4 members (excludes halogenated alkanes) is 3. The fourth-order valence-electron chi connectivity index (χ4n) is 2.08. The zero-order valence-corrected chi connectivity index (χ0v) is 15.1. The van der Waals surface area contributed by atoms with Crippen LogP contribution in [0.1, 0.15) is 46.4 Å². The van der Waals surface area contributed by atoms with Gasteiger partial charge in [0.1, 0.15) is 0 Å². The molecule has 0 fully saturated rings. The van der Waals surface area contributed by atoms with Gasteiger partial charge in [-0.2, -0.15) is 0 Å². The van der Waals surface area contributed by atoms with Crippen LogP contribution in [0.25, 0.3) is 0 Å². The van der Waals surface area contributed by atoms with Crippen LogP contribution in [0.5, 0.6) is 0 Å². The second-order valence-electron chi connectivity index (χ2n) is 5.47. The summed E-state index contributed by atoms with van der Waals surface area (Å²) in [5, 5.41) is 11.5. The number of carboxylic acids is 1.